The van der Waals surface area contributed by atoms with Crippen LogP contribution in [-0.4, -0.2) is 29.9 Å². The Morgan fingerprint density at radius 3 is 2.71 bits per heavy atom. The smallest absolute Gasteiger partial charge is 0.237 e. The van der Waals surface area contributed by atoms with Crippen molar-refractivity contribution in [3.8, 4) is 17.1 Å². The van der Waals surface area contributed by atoms with Crippen molar-refractivity contribution in [2.75, 3.05) is 0 Å². The maximum Gasteiger partial charge on any atom is 0.237 e. The van der Waals surface area contributed by atoms with Crippen LogP contribution in [0.2, 0.25) is 5.02 Å². The van der Waals surface area contributed by atoms with Crippen LogP contribution < -0.4 is 0 Å². The van der Waals surface area contributed by atoms with Crippen LogP contribution in [0, 0.1) is 12.8 Å². The summed E-state index contributed by atoms with van der Waals surface area (Å²) < 4.78 is 7.44. The van der Waals surface area contributed by atoms with Gasteiger partial charge in [-0.2, -0.15) is 4.98 Å². The first-order valence-corrected chi connectivity index (χ1v) is 11.4. The monoisotopic (exact) mass is 454 g/mol. The van der Waals surface area contributed by atoms with E-state index in [-0.39, 0.29) is 0 Å². The Bertz CT molecular complexity index is 1160. The van der Waals surface area contributed by atoms with Gasteiger partial charge in [0.25, 0.3) is 0 Å². The Hall–Kier alpha value is -2.71. The maximum absolute atomic E-state index is 6.40. The van der Waals surface area contributed by atoms with E-state index >= 15 is 0 Å². The van der Waals surface area contributed by atoms with Gasteiger partial charge in [0.1, 0.15) is 0 Å². The number of aryl methyl sites for hydroxylation is 1. The zero-order chi connectivity index (χ0) is 21.8. The molecule has 0 atom stereocenters. The van der Waals surface area contributed by atoms with Crippen LogP contribution in [-0.2, 0) is 12.2 Å². The molecule has 1 aromatic carbocycles. The van der Waals surface area contributed by atoms with Crippen molar-refractivity contribution < 1.29 is 4.52 Å². The van der Waals surface area contributed by atoms with Crippen molar-refractivity contribution >= 4 is 23.4 Å². The van der Waals surface area contributed by atoms with Gasteiger partial charge in [-0.1, -0.05) is 48.4 Å². The van der Waals surface area contributed by atoms with Crippen molar-refractivity contribution in [3.63, 3.8) is 0 Å². The molecule has 0 aliphatic rings. The van der Waals surface area contributed by atoms with Crippen molar-refractivity contribution in [3.05, 3.63) is 65.0 Å². The van der Waals surface area contributed by atoms with Gasteiger partial charge < -0.3 is 4.52 Å². The predicted molar refractivity (Wildman–Crippen MR) is 121 cm³/mol. The average Bonchev–Trinajstić information content (AvgIpc) is 3.40. The zero-order valence-corrected chi connectivity index (χ0v) is 19.2. The molecule has 0 saturated heterocycles. The molecule has 31 heavy (non-hydrogen) atoms. The third-order valence-electron chi connectivity index (χ3n) is 4.83. The lowest BCUT2D eigenvalue weighted by Gasteiger charge is -2.13. The van der Waals surface area contributed by atoms with Crippen molar-refractivity contribution in [1.29, 1.82) is 0 Å². The highest BCUT2D eigenvalue weighted by molar-refractivity contribution is 7.98. The molecule has 0 aliphatic carbocycles. The molecule has 4 aromatic rings. The van der Waals surface area contributed by atoms with Gasteiger partial charge in [-0.05, 0) is 49.1 Å². The highest BCUT2D eigenvalue weighted by Crippen LogP contribution is 2.32. The van der Waals surface area contributed by atoms with Crippen LogP contribution in [0.25, 0.3) is 17.1 Å². The largest absolute Gasteiger partial charge is 0.338 e. The van der Waals surface area contributed by atoms with Gasteiger partial charge in [0.05, 0.1) is 11.4 Å². The summed E-state index contributed by atoms with van der Waals surface area (Å²) >= 11 is 7.90. The topological polar surface area (TPSA) is 82.5 Å². The number of hydrogen-bond donors (Lipinski definition) is 0. The molecule has 7 nitrogen and oxygen atoms in total. The van der Waals surface area contributed by atoms with E-state index in [0.717, 1.165) is 46.5 Å². The van der Waals surface area contributed by atoms with E-state index in [9.17, 15) is 0 Å². The fourth-order valence-corrected chi connectivity index (χ4v) is 4.05. The van der Waals surface area contributed by atoms with E-state index in [0.29, 0.717) is 22.6 Å². The third-order valence-corrected chi connectivity index (χ3v) is 6.16. The summed E-state index contributed by atoms with van der Waals surface area (Å²) in [4.78, 5) is 8.62. The zero-order valence-electron chi connectivity index (χ0n) is 17.6. The second-order valence-electron chi connectivity index (χ2n) is 7.59. The lowest BCUT2D eigenvalue weighted by molar-refractivity contribution is 0.383. The van der Waals surface area contributed by atoms with Gasteiger partial charge in [-0.3, -0.25) is 9.55 Å². The number of pyridine rings is 1. The van der Waals surface area contributed by atoms with Crippen LogP contribution in [0.5, 0.6) is 0 Å². The first-order chi connectivity index (χ1) is 15.0. The molecule has 0 amide bonds. The lowest BCUT2D eigenvalue weighted by atomic mass is 10.1. The molecule has 0 aliphatic heterocycles. The van der Waals surface area contributed by atoms with Gasteiger partial charge in [0.2, 0.25) is 5.89 Å². The maximum atomic E-state index is 6.40. The van der Waals surface area contributed by atoms with Crippen molar-refractivity contribution in [1.82, 2.24) is 29.9 Å². The molecule has 0 fully saturated rings. The second kappa shape index (κ2) is 9.62. The Kier molecular flexibility index (Phi) is 6.67. The molecule has 0 spiro atoms. The van der Waals surface area contributed by atoms with Crippen molar-refractivity contribution in [2.24, 2.45) is 5.92 Å². The molecule has 3 aromatic heterocycles. The van der Waals surface area contributed by atoms with Crippen LogP contribution in [0.1, 0.15) is 37.5 Å². The molecule has 0 saturated carbocycles. The standard InChI is InChI=1S/C22H23ClN6OS/c1-14(2)7-8-19-25-20(30-28-19)13-31-22-27-26-21(16-9-11-24-12-10-16)29(22)18-6-4-5-17(23)15(18)3/h4-6,9-12,14H,7-8,13H2,1-3H3. The number of halogens is 1. The fourth-order valence-electron chi connectivity index (χ4n) is 3.10. The normalized spacial score (nSPS) is 11.4. The first kappa shape index (κ1) is 21.5. The minimum Gasteiger partial charge on any atom is -0.338 e. The second-order valence-corrected chi connectivity index (χ2v) is 8.94. The highest BCUT2D eigenvalue weighted by Gasteiger charge is 2.19. The van der Waals surface area contributed by atoms with Gasteiger partial charge in [-0.15, -0.1) is 10.2 Å². The van der Waals surface area contributed by atoms with Crippen LogP contribution in [0.3, 0.4) is 0 Å². The van der Waals surface area contributed by atoms with Crippen LogP contribution in [0.4, 0.5) is 0 Å². The summed E-state index contributed by atoms with van der Waals surface area (Å²) in [6.07, 6.45) is 5.33. The Morgan fingerprint density at radius 1 is 1.13 bits per heavy atom. The van der Waals surface area contributed by atoms with Crippen LogP contribution >= 0.6 is 23.4 Å². The van der Waals surface area contributed by atoms with Gasteiger partial charge in [-0.25, -0.2) is 0 Å². The molecular formula is C22H23ClN6OS. The Balaban J connectivity index is 1.64. The van der Waals surface area contributed by atoms with E-state index in [1.54, 1.807) is 12.4 Å². The number of nitrogens with zero attached hydrogens (tertiary/aromatic N) is 6. The molecular weight excluding hydrogens is 432 g/mol. The summed E-state index contributed by atoms with van der Waals surface area (Å²) in [5.74, 6) is 3.14. The molecule has 9 heteroatoms. The van der Waals surface area contributed by atoms with E-state index in [1.807, 2.05) is 41.8 Å². The molecule has 3 heterocycles. The summed E-state index contributed by atoms with van der Waals surface area (Å²) in [7, 11) is 0. The fraction of sp³-hybridized carbons (Fsp3) is 0.318. The van der Waals surface area contributed by atoms with Gasteiger partial charge >= 0.3 is 0 Å². The summed E-state index contributed by atoms with van der Waals surface area (Å²) in [6.45, 7) is 6.35. The number of aromatic nitrogens is 6. The number of benzene rings is 1. The highest BCUT2D eigenvalue weighted by atomic mass is 35.5. The number of hydrogen-bond acceptors (Lipinski definition) is 7. The Labute approximate surface area is 190 Å². The summed E-state index contributed by atoms with van der Waals surface area (Å²) in [6, 6.07) is 9.63. The Morgan fingerprint density at radius 2 is 1.94 bits per heavy atom. The molecule has 0 bridgehead atoms. The van der Waals surface area contributed by atoms with E-state index in [2.05, 4.69) is 39.2 Å². The van der Waals surface area contributed by atoms with Gasteiger partial charge in [0, 0.05) is 29.4 Å². The quantitative estimate of drug-likeness (QED) is 0.322. The first-order valence-electron chi connectivity index (χ1n) is 10.1. The van der Waals surface area contributed by atoms with Crippen LogP contribution in [0.15, 0.2) is 52.4 Å². The van der Waals surface area contributed by atoms with E-state index in [4.69, 9.17) is 16.1 Å². The predicted octanol–water partition coefficient (Wildman–Crippen LogP) is 5.56. The SMILES string of the molecule is Cc1c(Cl)cccc1-n1c(SCc2nc(CCC(C)C)no2)nnc1-c1ccncc1. The molecule has 4 rings (SSSR count). The minimum atomic E-state index is 0.503. The molecule has 0 unspecified atom stereocenters. The summed E-state index contributed by atoms with van der Waals surface area (Å²) in [5.41, 5.74) is 2.80. The minimum absolute atomic E-state index is 0.503. The number of thioether (sulfide) groups is 1. The van der Waals surface area contributed by atoms with Gasteiger partial charge in [0.15, 0.2) is 16.8 Å². The van der Waals surface area contributed by atoms with Crippen molar-refractivity contribution in [2.45, 2.75) is 44.5 Å². The summed E-state index contributed by atoms with van der Waals surface area (Å²) in [5, 5.41) is 14.4. The number of rotatable bonds is 8. The van der Waals surface area contributed by atoms with E-state index in [1.165, 1.54) is 11.8 Å². The molecule has 0 radical (unpaired) electrons. The molecule has 0 N–H and O–H groups in total. The third kappa shape index (κ3) is 4.97. The molecule has 160 valence electrons. The average molecular weight is 455 g/mol. The lowest BCUT2D eigenvalue weighted by Crippen LogP contribution is -2.02. The van der Waals surface area contributed by atoms with E-state index < -0.39 is 0 Å².